The van der Waals surface area contributed by atoms with Crippen molar-refractivity contribution in [2.24, 2.45) is 0 Å². The largest absolute Gasteiger partial charge is 0.466 e. The Kier molecular flexibility index (Phi) is 8.44. The van der Waals surface area contributed by atoms with Crippen LogP contribution in [0.5, 0.6) is 0 Å². The highest BCUT2D eigenvalue weighted by molar-refractivity contribution is 9.10. The van der Waals surface area contributed by atoms with Gasteiger partial charge in [-0.2, -0.15) is 0 Å². The predicted octanol–water partition coefficient (Wildman–Crippen LogP) is 7.02. The molecule has 0 amide bonds. The van der Waals surface area contributed by atoms with Gasteiger partial charge in [-0.15, -0.1) is 0 Å². The van der Waals surface area contributed by atoms with Crippen LogP contribution < -0.4 is 0 Å². The molecular formula is C27H30BrNO2. The quantitative estimate of drug-likeness (QED) is 0.309. The minimum Gasteiger partial charge on any atom is -0.466 e. The van der Waals surface area contributed by atoms with Crippen LogP contribution in [0.3, 0.4) is 0 Å². The fraction of sp³-hybridized carbons (Fsp3) is 0.296. The van der Waals surface area contributed by atoms with E-state index in [-0.39, 0.29) is 18.1 Å². The van der Waals surface area contributed by atoms with Gasteiger partial charge in [0.15, 0.2) is 0 Å². The smallest absolute Gasteiger partial charge is 0.307 e. The van der Waals surface area contributed by atoms with Crippen molar-refractivity contribution in [2.45, 2.75) is 45.8 Å². The number of aryl methyl sites for hydroxylation is 1. The van der Waals surface area contributed by atoms with Crippen LogP contribution in [0.4, 0.5) is 0 Å². The molecule has 0 aliphatic heterocycles. The fourth-order valence-corrected chi connectivity index (χ4v) is 4.25. The molecule has 0 aliphatic rings. The summed E-state index contributed by atoms with van der Waals surface area (Å²) in [7, 11) is 0. The normalized spacial score (nSPS) is 13.1. The third-order valence-electron chi connectivity index (χ3n) is 5.63. The van der Waals surface area contributed by atoms with Crippen LogP contribution in [0.1, 0.15) is 54.6 Å². The molecule has 162 valence electrons. The summed E-state index contributed by atoms with van der Waals surface area (Å²) in [4.78, 5) is 15.0. The summed E-state index contributed by atoms with van der Waals surface area (Å²) < 4.78 is 6.40. The van der Waals surface area contributed by atoms with Gasteiger partial charge in [-0.1, -0.05) is 88.7 Å². The Bertz CT molecular complexity index is 975. The minimum atomic E-state index is -0.178. The molecule has 0 saturated heterocycles. The number of nitrogens with zero attached hydrogens (tertiary/aromatic N) is 1. The van der Waals surface area contributed by atoms with Crippen molar-refractivity contribution in [2.75, 3.05) is 6.61 Å². The molecule has 2 atom stereocenters. The van der Waals surface area contributed by atoms with Crippen molar-refractivity contribution >= 4 is 21.9 Å². The fourth-order valence-electron chi connectivity index (χ4n) is 3.86. The van der Waals surface area contributed by atoms with E-state index in [0.717, 1.165) is 16.6 Å². The lowest BCUT2D eigenvalue weighted by molar-refractivity contribution is -0.145. The van der Waals surface area contributed by atoms with Crippen molar-refractivity contribution in [3.63, 3.8) is 0 Å². The van der Waals surface area contributed by atoms with E-state index < -0.39 is 0 Å². The van der Waals surface area contributed by atoms with Crippen LogP contribution in [-0.4, -0.2) is 17.5 Å². The summed E-state index contributed by atoms with van der Waals surface area (Å²) in [5.74, 6) is -0.178. The molecule has 0 heterocycles. The topological polar surface area (TPSA) is 29.5 Å². The maximum atomic E-state index is 12.6. The first-order valence-corrected chi connectivity index (χ1v) is 11.5. The molecule has 0 bridgehead atoms. The van der Waals surface area contributed by atoms with E-state index in [9.17, 15) is 4.79 Å². The van der Waals surface area contributed by atoms with Crippen molar-refractivity contribution in [1.82, 2.24) is 4.90 Å². The van der Waals surface area contributed by atoms with E-state index in [1.165, 1.54) is 16.7 Å². The monoisotopic (exact) mass is 479 g/mol. The van der Waals surface area contributed by atoms with Crippen LogP contribution in [0, 0.1) is 6.92 Å². The molecule has 0 N–H and O–H groups in total. The van der Waals surface area contributed by atoms with E-state index in [2.05, 4.69) is 101 Å². The number of benzene rings is 3. The molecule has 0 aromatic heterocycles. The lowest BCUT2D eigenvalue weighted by atomic mass is 9.96. The van der Waals surface area contributed by atoms with Crippen LogP contribution in [0.15, 0.2) is 83.3 Å². The summed E-state index contributed by atoms with van der Waals surface area (Å²) in [5, 5.41) is 0. The second-order valence-electron chi connectivity index (χ2n) is 7.78. The Morgan fingerprint density at radius 1 is 0.968 bits per heavy atom. The third-order valence-corrected chi connectivity index (χ3v) is 6.49. The molecule has 0 spiro atoms. The molecule has 3 aromatic rings. The highest BCUT2D eigenvalue weighted by Crippen LogP contribution is 2.36. The van der Waals surface area contributed by atoms with Crippen molar-refractivity contribution in [1.29, 1.82) is 0 Å². The number of rotatable bonds is 9. The Morgan fingerprint density at radius 3 is 2.23 bits per heavy atom. The molecule has 0 radical (unpaired) electrons. The van der Waals surface area contributed by atoms with E-state index >= 15 is 0 Å². The number of carbonyl (C=O) groups is 1. The van der Waals surface area contributed by atoms with Gasteiger partial charge in [0.25, 0.3) is 0 Å². The summed E-state index contributed by atoms with van der Waals surface area (Å²) in [6, 6.07) is 27.2. The SMILES string of the molecule is CCOC(=O)CC(c1ccc(C)c(Br)c1)N(Cc1ccccc1)C(C)c1ccccc1. The Balaban J connectivity index is 2.05. The number of ether oxygens (including phenoxy) is 1. The summed E-state index contributed by atoms with van der Waals surface area (Å²) in [5.41, 5.74) is 4.71. The van der Waals surface area contributed by atoms with E-state index in [0.29, 0.717) is 13.0 Å². The predicted molar refractivity (Wildman–Crippen MR) is 130 cm³/mol. The van der Waals surface area contributed by atoms with Gasteiger partial charge in [0.05, 0.1) is 13.0 Å². The first kappa shape index (κ1) is 23.2. The van der Waals surface area contributed by atoms with Crippen molar-refractivity contribution < 1.29 is 9.53 Å². The van der Waals surface area contributed by atoms with Gasteiger partial charge in [-0.05, 0) is 49.1 Å². The number of hydrogen-bond donors (Lipinski definition) is 0. The Hall–Kier alpha value is -2.43. The Morgan fingerprint density at radius 2 is 1.61 bits per heavy atom. The zero-order valence-corrected chi connectivity index (χ0v) is 20.0. The van der Waals surface area contributed by atoms with Gasteiger partial charge in [0.1, 0.15) is 0 Å². The van der Waals surface area contributed by atoms with Crippen LogP contribution in [0.25, 0.3) is 0 Å². The molecule has 2 unspecified atom stereocenters. The minimum absolute atomic E-state index is 0.112. The summed E-state index contributed by atoms with van der Waals surface area (Å²) in [6.45, 7) is 7.24. The van der Waals surface area contributed by atoms with Crippen molar-refractivity contribution in [3.8, 4) is 0 Å². The molecule has 31 heavy (non-hydrogen) atoms. The van der Waals surface area contributed by atoms with Crippen LogP contribution >= 0.6 is 15.9 Å². The number of hydrogen-bond acceptors (Lipinski definition) is 3. The Labute approximate surface area is 194 Å². The number of esters is 1. The third kappa shape index (κ3) is 6.28. The van der Waals surface area contributed by atoms with E-state index in [4.69, 9.17) is 4.74 Å². The first-order chi connectivity index (χ1) is 15.0. The zero-order valence-electron chi connectivity index (χ0n) is 18.4. The molecular weight excluding hydrogens is 450 g/mol. The highest BCUT2D eigenvalue weighted by atomic mass is 79.9. The average molecular weight is 480 g/mol. The molecule has 0 aliphatic carbocycles. The molecule has 0 fully saturated rings. The van der Waals surface area contributed by atoms with E-state index in [1.807, 2.05) is 19.1 Å². The van der Waals surface area contributed by atoms with Gasteiger partial charge in [0.2, 0.25) is 0 Å². The molecule has 0 saturated carbocycles. The average Bonchev–Trinajstić information content (AvgIpc) is 2.79. The molecule has 3 aromatic carbocycles. The molecule has 4 heteroatoms. The van der Waals surface area contributed by atoms with Gasteiger partial charge in [-0.3, -0.25) is 9.69 Å². The van der Waals surface area contributed by atoms with Gasteiger partial charge in [-0.25, -0.2) is 0 Å². The van der Waals surface area contributed by atoms with Crippen LogP contribution in [0.2, 0.25) is 0 Å². The van der Waals surface area contributed by atoms with Gasteiger partial charge < -0.3 is 4.74 Å². The summed E-state index contributed by atoms with van der Waals surface area (Å²) in [6.07, 6.45) is 0.299. The highest BCUT2D eigenvalue weighted by Gasteiger charge is 2.29. The number of halogens is 1. The molecule has 3 rings (SSSR count). The lowest BCUT2D eigenvalue weighted by Gasteiger charge is -2.37. The zero-order chi connectivity index (χ0) is 22.2. The second-order valence-corrected chi connectivity index (χ2v) is 8.63. The van der Waals surface area contributed by atoms with Crippen molar-refractivity contribution in [3.05, 3.63) is 106 Å². The summed E-state index contributed by atoms with van der Waals surface area (Å²) >= 11 is 3.67. The first-order valence-electron chi connectivity index (χ1n) is 10.8. The standard InChI is InChI=1S/C27H30BrNO2/c1-4-31-27(30)18-26(24-16-15-20(2)25(28)17-24)29(19-22-11-7-5-8-12-22)21(3)23-13-9-6-10-14-23/h5-17,21,26H,4,18-19H2,1-3H3. The van der Waals surface area contributed by atoms with E-state index in [1.54, 1.807) is 0 Å². The number of carbonyl (C=O) groups excluding carboxylic acids is 1. The maximum Gasteiger partial charge on any atom is 0.307 e. The molecule has 3 nitrogen and oxygen atoms in total. The van der Waals surface area contributed by atoms with Gasteiger partial charge in [0, 0.05) is 23.1 Å². The van der Waals surface area contributed by atoms with Gasteiger partial charge >= 0.3 is 5.97 Å². The van der Waals surface area contributed by atoms with Crippen LogP contribution in [-0.2, 0) is 16.1 Å². The maximum absolute atomic E-state index is 12.6. The lowest BCUT2D eigenvalue weighted by Crippen LogP contribution is -2.33. The second kappa shape index (κ2) is 11.3.